The van der Waals surface area contributed by atoms with Crippen molar-refractivity contribution in [3.8, 4) is 0 Å². The molecule has 7 rings (SSSR count). The van der Waals surface area contributed by atoms with E-state index in [2.05, 4.69) is 82.3 Å². The van der Waals surface area contributed by atoms with Crippen LogP contribution in [0.3, 0.4) is 0 Å². The van der Waals surface area contributed by atoms with Crippen molar-refractivity contribution in [3.63, 3.8) is 0 Å². The number of allylic oxidation sites excluding steroid dienone is 2. The number of ether oxygens (including phenoxy) is 2. The molecule has 1 N–H and O–H groups in total. The minimum atomic E-state index is -0.402. The minimum Gasteiger partial charge on any atom is -0.393 e. The molecule has 0 radical (unpaired) electrons. The molecule has 1 aliphatic heterocycles. The van der Waals surface area contributed by atoms with Gasteiger partial charge in [-0.3, -0.25) is 4.99 Å². The van der Waals surface area contributed by atoms with E-state index in [9.17, 15) is 5.11 Å². The van der Waals surface area contributed by atoms with E-state index in [0.717, 1.165) is 63.1 Å². The van der Waals surface area contributed by atoms with Crippen LogP contribution in [0, 0.1) is 35.5 Å². The summed E-state index contributed by atoms with van der Waals surface area (Å²) in [5.74, 6) is 1.65. The monoisotopic (exact) mass is 607 g/mol. The summed E-state index contributed by atoms with van der Waals surface area (Å²) < 4.78 is 13.1. The van der Waals surface area contributed by atoms with Crippen LogP contribution in [0.15, 0.2) is 58.6 Å². The van der Waals surface area contributed by atoms with Gasteiger partial charge in [0.25, 0.3) is 0 Å². The van der Waals surface area contributed by atoms with Crippen molar-refractivity contribution in [2.45, 2.75) is 111 Å². The third-order valence-corrected chi connectivity index (χ3v) is 12.1. The average Bonchev–Trinajstić information content (AvgIpc) is 3.32. The summed E-state index contributed by atoms with van der Waals surface area (Å²) in [5, 5.41) is 11.4. The molecule has 1 heterocycles. The number of nitrogens with zero attached hydrogens (tertiary/aromatic N) is 1. The highest BCUT2D eigenvalue weighted by atomic mass is 16.7. The van der Waals surface area contributed by atoms with Gasteiger partial charge in [0.2, 0.25) is 0 Å². The zero-order valence-corrected chi connectivity index (χ0v) is 28.4. The molecule has 4 fully saturated rings. The highest BCUT2D eigenvalue weighted by Gasteiger charge is 2.57. The number of hydrogen-bond donors (Lipinski definition) is 1. The lowest BCUT2D eigenvalue weighted by atomic mass is 9.52. The van der Waals surface area contributed by atoms with E-state index in [4.69, 9.17) is 14.5 Å². The molecule has 4 nitrogen and oxygen atoms in total. The molecule has 0 aromatic heterocycles. The van der Waals surface area contributed by atoms with Crippen molar-refractivity contribution in [3.05, 3.63) is 75.9 Å². The molecule has 2 aromatic carbocycles. The van der Waals surface area contributed by atoms with Gasteiger partial charge in [0.1, 0.15) is 0 Å². The Balaban J connectivity index is 1.22. The molecule has 6 unspecified atom stereocenters. The standard InChI is InChI=1S/C41H53NO3/c1-26(2)42-36-21-29(11-10-27(36)3)13-12-28-8-7-9-30(20-28)34-23-40(6)35(16-17-37(40)43)33-15-14-31-22-41(19-18-32(31)38(33)34)44-24-39(4,5)25-45-41/h7-13,20-21,31,33-35,37,43H,14-19,22-25H2,1-6H3/b13-12+. The van der Waals surface area contributed by atoms with Crippen LogP contribution in [0.1, 0.15) is 114 Å². The molecule has 1 spiro atoms. The van der Waals surface area contributed by atoms with Gasteiger partial charge in [-0.1, -0.05) is 80.5 Å². The van der Waals surface area contributed by atoms with Gasteiger partial charge in [-0.2, -0.15) is 0 Å². The molecule has 3 saturated carbocycles. The van der Waals surface area contributed by atoms with E-state index in [1.54, 1.807) is 11.1 Å². The van der Waals surface area contributed by atoms with Crippen LogP contribution in [0.5, 0.6) is 0 Å². The van der Waals surface area contributed by atoms with Gasteiger partial charge >= 0.3 is 0 Å². The Morgan fingerprint density at radius 3 is 2.42 bits per heavy atom. The van der Waals surface area contributed by atoms with E-state index < -0.39 is 5.79 Å². The summed E-state index contributed by atoms with van der Waals surface area (Å²) in [6.45, 7) is 14.7. The molecule has 6 atom stereocenters. The van der Waals surface area contributed by atoms with E-state index in [-0.39, 0.29) is 16.9 Å². The summed E-state index contributed by atoms with van der Waals surface area (Å²) in [7, 11) is 0. The van der Waals surface area contributed by atoms with Crippen LogP contribution in [0.25, 0.3) is 12.2 Å². The number of fused-ring (bicyclic) bond motifs is 4. The fraction of sp³-hybridized carbons (Fsp3) is 0.585. The molecule has 4 heteroatoms. The van der Waals surface area contributed by atoms with Gasteiger partial charge in [0.15, 0.2) is 5.79 Å². The lowest BCUT2D eigenvalue weighted by Gasteiger charge is -2.55. The molecule has 0 amide bonds. The number of benzene rings is 2. The van der Waals surface area contributed by atoms with Gasteiger partial charge in [0.05, 0.1) is 25.0 Å². The van der Waals surface area contributed by atoms with E-state index in [1.165, 1.54) is 35.1 Å². The van der Waals surface area contributed by atoms with E-state index in [0.29, 0.717) is 23.7 Å². The predicted octanol–water partition coefficient (Wildman–Crippen LogP) is 9.82. The highest BCUT2D eigenvalue weighted by Crippen LogP contribution is 2.65. The van der Waals surface area contributed by atoms with Gasteiger partial charge in [-0.15, -0.1) is 0 Å². The molecule has 240 valence electrons. The lowest BCUT2D eigenvalue weighted by molar-refractivity contribution is -0.312. The van der Waals surface area contributed by atoms with Gasteiger partial charge in [-0.05, 0) is 111 Å². The Bertz CT molecular complexity index is 1530. The maximum atomic E-state index is 11.4. The van der Waals surface area contributed by atoms with Gasteiger partial charge < -0.3 is 14.6 Å². The van der Waals surface area contributed by atoms with Crippen LogP contribution >= 0.6 is 0 Å². The van der Waals surface area contributed by atoms with Crippen molar-refractivity contribution in [1.29, 1.82) is 0 Å². The highest BCUT2D eigenvalue weighted by molar-refractivity contribution is 5.83. The Kier molecular flexibility index (Phi) is 8.02. The second-order valence-corrected chi connectivity index (χ2v) is 16.3. The van der Waals surface area contributed by atoms with Crippen LogP contribution < -0.4 is 0 Å². The summed E-state index contributed by atoms with van der Waals surface area (Å²) in [6, 6.07) is 15.8. The first-order valence-corrected chi connectivity index (χ1v) is 17.5. The Hall–Kier alpha value is -2.53. The van der Waals surface area contributed by atoms with Crippen LogP contribution in [0.2, 0.25) is 0 Å². The first-order chi connectivity index (χ1) is 21.5. The number of rotatable bonds is 4. The Morgan fingerprint density at radius 2 is 1.67 bits per heavy atom. The topological polar surface area (TPSA) is 51.1 Å². The number of aliphatic hydroxyl groups is 1. The zero-order chi connectivity index (χ0) is 31.6. The lowest BCUT2D eigenvalue weighted by Crippen LogP contribution is -2.52. The predicted molar refractivity (Wildman–Crippen MR) is 185 cm³/mol. The molecular formula is C41H53NO3. The number of aliphatic hydroxyl groups excluding tert-OH is 1. The molecule has 1 saturated heterocycles. The molecule has 45 heavy (non-hydrogen) atoms. The largest absolute Gasteiger partial charge is 0.393 e. The van der Waals surface area contributed by atoms with Crippen LogP contribution in [-0.4, -0.2) is 35.9 Å². The van der Waals surface area contributed by atoms with Crippen LogP contribution in [0.4, 0.5) is 5.69 Å². The smallest absolute Gasteiger partial charge is 0.169 e. The van der Waals surface area contributed by atoms with Crippen molar-refractivity contribution >= 4 is 23.6 Å². The summed E-state index contributed by atoms with van der Waals surface area (Å²) in [5.41, 5.74) is 10.6. The number of aryl methyl sites for hydroxylation is 1. The Morgan fingerprint density at radius 1 is 0.911 bits per heavy atom. The van der Waals surface area contributed by atoms with Crippen molar-refractivity contribution in [2.24, 2.45) is 33.6 Å². The van der Waals surface area contributed by atoms with Crippen molar-refractivity contribution < 1.29 is 14.6 Å². The number of hydrogen-bond acceptors (Lipinski definition) is 4. The zero-order valence-electron chi connectivity index (χ0n) is 28.4. The number of aliphatic imine (C=N–C) groups is 1. The third kappa shape index (κ3) is 5.81. The van der Waals surface area contributed by atoms with Crippen LogP contribution in [-0.2, 0) is 9.47 Å². The van der Waals surface area contributed by atoms with Crippen molar-refractivity contribution in [1.82, 2.24) is 0 Å². The van der Waals surface area contributed by atoms with Crippen molar-refractivity contribution in [2.75, 3.05) is 13.2 Å². The van der Waals surface area contributed by atoms with Gasteiger partial charge in [0, 0.05) is 29.9 Å². The normalized spacial score (nSPS) is 33.5. The summed E-state index contributed by atoms with van der Waals surface area (Å²) in [4.78, 5) is 4.74. The van der Waals surface area contributed by atoms with E-state index >= 15 is 0 Å². The molecule has 5 aliphatic rings. The molecular weight excluding hydrogens is 554 g/mol. The maximum Gasteiger partial charge on any atom is 0.169 e. The maximum absolute atomic E-state index is 11.4. The summed E-state index contributed by atoms with van der Waals surface area (Å²) in [6.07, 6.45) is 12.9. The quantitative estimate of drug-likeness (QED) is 0.214. The van der Waals surface area contributed by atoms with E-state index in [1.807, 2.05) is 13.8 Å². The average molecular weight is 608 g/mol. The minimum absolute atomic E-state index is 0.0225. The fourth-order valence-electron chi connectivity index (χ4n) is 9.66. The summed E-state index contributed by atoms with van der Waals surface area (Å²) >= 11 is 0. The second kappa shape index (κ2) is 11.6. The molecule has 4 aliphatic carbocycles. The Labute approximate surface area is 271 Å². The third-order valence-electron chi connectivity index (χ3n) is 12.1. The molecule has 2 aromatic rings. The second-order valence-electron chi connectivity index (χ2n) is 16.3. The SMILES string of the molecule is CC(C)=Nc1cc(/C=C/c2cccc(C3CC4(C)C(O)CCC4C4CCC5CC6(CCC5=C34)OCC(C)(C)CO6)c2)ccc1C. The molecule has 0 bridgehead atoms. The van der Waals surface area contributed by atoms with Gasteiger partial charge in [-0.25, -0.2) is 0 Å². The first-order valence-electron chi connectivity index (χ1n) is 17.5. The fourth-order valence-corrected chi connectivity index (χ4v) is 9.66. The first kappa shape index (κ1) is 31.1.